The molecule has 0 aliphatic carbocycles. The van der Waals surface area contributed by atoms with Crippen LogP contribution in [0.15, 0.2) is 35.4 Å². The van der Waals surface area contributed by atoms with Gasteiger partial charge in [0.1, 0.15) is 10.8 Å². The minimum atomic E-state index is -3.79. The molecule has 0 radical (unpaired) electrons. The zero-order chi connectivity index (χ0) is 14.9. The molecule has 6 nitrogen and oxygen atoms in total. The smallest absolute Gasteiger partial charge is 0.263 e. The quantitative estimate of drug-likeness (QED) is 0.829. The van der Waals surface area contributed by atoms with E-state index in [9.17, 15) is 8.42 Å². The fraction of sp³-hybridized carbons (Fsp3) is 0.0909. The number of sulfonamides is 1. The highest BCUT2D eigenvalue weighted by Crippen LogP contribution is 2.21. The molecular weight excluding hydrogens is 320 g/mol. The van der Waals surface area contributed by atoms with Crippen LogP contribution >= 0.6 is 23.8 Å². The molecule has 2 rings (SSSR count). The summed E-state index contributed by atoms with van der Waals surface area (Å²) in [7, 11) is -2.21. The molecule has 0 aliphatic heterocycles. The number of benzene rings is 1. The molecule has 1 heterocycles. The van der Waals surface area contributed by atoms with Gasteiger partial charge in [0.2, 0.25) is 0 Å². The summed E-state index contributed by atoms with van der Waals surface area (Å²) in [5.41, 5.74) is 5.89. The Hall–Kier alpha value is -1.64. The second-order valence-electron chi connectivity index (χ2n) is 3.96. The Morgan fingerprint density at radius 3 is 2.80 bits per heavy atom. The predicted molar refractivity (Wildman–Crippen MR) is 81.4 cm³/mol. The molecule has 9 heteroatoms. The van der Waals surface area contributed by atoms with Gasteiger partial charge in [-0.2, -0.15) is 5.10 Å². The van der Waals surface area contributed by atoms with Crippen molar-refractivity contribution >= 4 is 44.6 Å². The highest BCUT2D eigenvalue weighted by molar-refractivity contribution is 7.92. The molecule has 1 aromatic carbocycles. The number of aryl methyl sites for hydroxylation is 1. The Morgan fingerprint density at radius 2 is 2.20 bits per heavy atom. The summed E-state index contributed by atoms with van der Waals surface area (Å²) in [5, 5.41) is 4.26. The van der Waals surface area contributed by atoms with Gasteiger partial charge >= 0.3 is 0 Å². The zero-order valence-corrected chi connectivity index (χ0v) is 12.8. The van der Waals surface area contributed by atoms with Crippen LogP contribution in [0.1, 0.15) is 5.56 Å². The van der Waals surface area contributed by atoms with Crippen LogP contribution in [0.5, 0.6) is 0 Å². The zero-order valence-electron chi connectivity index (χ0n) is 10.4. The molecule has 0 saturated heterocycles. The average molecular weight is 331 g/mol. The van der Waals surface area contributed by atoms with Crippen LogP contribution < -0.4 is 10.5 Å². The summed E-state index contributed by atoms with van der Waals surface area (Å²) in [6.45, 7) is 0. The van der Waals surface area contributed by atoms with Crippen molar-refractivity contribution in [2.75, 3.05) is 4.72 Å². The molecule has 20 heavy (non-hydrogen) atoms. The van der Waals surface area contributed by atoms with Crippen LogP contribution in [0.3, 0.4) is 0 Å². The third kappa shape index (κ3) is 2.92. The van der Waals surface area contributed by atoms with Gasteiger partial charge in [-0.1, -0.05) is 29.9 Å². The number of thiocarbonyl (C=S) groups is 1. The standard InChI is InChI=1S/C11H11ClN4O2S2/c1-16-11(9(6-14-16)10(13)19)15-20(17,18)8-4-2-3-7(12)5-8/h2-6,15H,1H3,(H2,13,19). The Labute approximate surface area is 126 Å². The molecule has 0 fully saturated rings. The highest BCUT2D eigenvalue weighted by atomic mass is 35.5. The molecule has 0 bridgehead atoms. The molecule has 0 unspecified atom stereocenters. The van der Waals surface area contributed by atoms with E-state index in [0.717, 1.165) is 0 Å². The fourth-order valence-electron chi connectivity index (χ4n) is 1.56. The third-order valence-electron chi connectivity index (χ3n) is 2.54. The Morgan fingerprint density at radius 1 is 1.50 bits per heavy atom. The van der Waals surface area contributed by atoms with E-state index in [2.05, 4.69) is 9.82 Å². The maximum absolute atomic E-state index is 12.3. The number of nitrogens with two attached hydrogens (primary N) is 1. The number of hydrogen-bond acceptors (Lipinski definition) is 4. The molecule has 106 valence electrons. The topological polar surface area (TPSA) is 90.0 Å². The van der Waals surface area contributed by atoms with Crippen molar-refractivity contribution in [1.82, 2.24) is 9.78 Å². The summed E-state index contributed by atoms with van der Waals surface area (Å²) in [5.74, 6) is 0.206. The summed E-state index contributed by atoms with van der Waals surface area (Å²) in [6.07, 6.45) is 1.40. The van der Waals surface area contributed by atoms with Gasteiger partial charge in [-0.05, 0) is 18.2 Å². The van der Waals surface area contributed by atoms with Gasteiger partial charge in [-0.3, -0.25) is 9.40 Å². The maximum Gasteiger partial charge on any atom is 0.263 e. The van der Waals surface area contributed by atoms with Crippen LogP contribution in [-0.4, -0.2) is 23.2 Å². The summed E-state index contributed by atoms with van der Waals surface area (Å²) >= 11 is 10.7. The van der Waals surface area contributed by atoms with Crippen molar-refractivity contribution in [3.8, 4) is 0 Å². The van der Waals surface area contributed by atoms with E-state index in [1.54, 1.807) is 19.2 Å². The lowest BCUT2D eigenvalue weighted by Gasteiger charge is -2.10. The predicted octanol–water partition coefficient (Wildman–Crippen LogP) is 1.51. The van der Waals surface area contributed by atoms with Gasteiger partial charge < -0.3 is 5.73 Å². The van der Waals surface area contributed by atoms with Crippen molar-refractivity contribution in [3.63, 3.8) is 0 Å². The molecule has 3 N–H and O–H groups in total. The van der Waals surface area contributed by atoms with Gasteiger partial charge in [-0.15, -0.1) is 0 Å². The number of aromatic nitrogens is 2. The van der Waals surface area contributed by atoms with Gasteiger partial charge in [0, 0.05) is 12.1 Å². The first kappa shape index (κ1) is 14.8. The van der Waals surface area contributed by atoms with Crippen molar-refractivity contribution in [2.24, 2.45) is 12.8 Å². The first-order valence-corrected chi connectivity index (χ1v) is 7.68. The minimum absolute atomic E-state index is 0.0417. The fourth-order valence-corrected chi connectivity index (χ4v) is 3.12. The van der Waals surface area contributed by atoms with Crippen LogP contribution in [0, 0.1) is 0 Å². The molecule has 1 aromatic heterocycles. The number of anilines is 1. The van der Waals surface area contributed by atoms with Gasteiger partial charge in [0.15, 0.2) is 0 Å². The van der Waals surface area contributed by atoms with Crippen LogP contribution in [0.4, 0.5) is 5.82 Å². The van der Waals surface area contributed by atoms with E-state index in [-0.39, 0.29) is 15.7 Å². The van der Waals surface area contributed by atoms with Crippen molar-refractivity contribution in [3.05, 3.63) is 41.0 Å². The second kappa shape index (κ2) is 5.39. The average Bonchev–Trinajstić information content (AvgIpc) is 2.71. The van der Waals surface area contributed by atoms with E-state index in [1.165, 1.54) is 23.0 Å². The molecule has 2 aromatic rings. The van der Waals surface area contributed by atoms with Crippen molar-refractivity contribution in [1.29, 1.82) is 0 Å². The lowest BCUT2D eigenvalue weighted by molar-refractivity contribution is 0.600. The monoisotopic (exact) mass is 330 g/mol. The van der Waals surface area contributed by atoms with E-state index >= 15 is 0 Å². The van der Waals surface area contributed by atoms with Gasteiger partial charge in [0.05, 0.1) is 16.7 Å². The van der Waals surface area contributed by atoms with Crippen LogP contribution in [0.2, 0.25) is 5.02 Å². The molecule has 0 saturated carbocycles. The van der Waals surface area contributed by atoms with Crippen molar-refractivity contribution < 1.29 is 8.42 Å². The minimum Gasteiger partial charge on any atom is -0.389 e. The first-order chi connectivity index (χ1) is 9.31. The Kier molecular flexibility index (Phi) is 3.98. The lowest BCUT2D eigenvalue weighted by atomic mass is 10.3. The summed E-state index contributed by atoms with van der Waals surface area (Å²) in [6, 6.07) is 5.92. The molecule has 0 aliphatic rings. The van der Waals surface area contributed by atoms with E-state index in [1.807, 2.05) is 0 Å². The van der Waals surface area contributed by atoms with Gasteiger partial charge in [-0.25, -0.2) is 8.42 Å². The van der Waals surface area contributed by atoms with Gasteiger partial charge in [0.25, 0.3) is 10.0 Å². The second-order valence-corrected chi connectivity index (χ2v) is 6.52. The highest BCUT2D eigenvalue weighted by Gasteiger charge is 2.20. The van der Waals surface area contributed by atoms with E-state index in [0.29, 0.717) is 10.6 Å². The van der Waals surface area contributed by atoms with E-state index in [4.69, 9.17) is 29.6 Å². The van der Waals surface area contributed by atoms with Crippen LogP contribution in [-0.2, 0) is 17.1 Å². The number of hydrogen-bond donors (Lipinski definition) is 2. The maximum atomic E-state index is 12.3. The normalized spacial score (nSPS) is 11.3. The molecule has 0 spiro atoms. The number of rotatable bonds is 4. The number of nitrogens with zero attached hydrogens (tertiary/aromatic N) is 2. The van der Waals surface area contributed by atoms with Crippen LogP contribution in [0.25, 0.3) is 0 Å². The number of halogens is 1. The number of nitrogens with one attached hydrogen (secondary N) is 1. The van der Waals surface area contributed by atoms with Crippen molar-refractivity contribution in [2.45, 2.75) is 4.90 Å². The largest absolute Gasteiger partial charge is 0.389 e. The Balaban J connectivity index is 2.44. The van der Waals surface area contributed by atoms with E-state index < -0.39 is 10.0 Å². The lowest BCUT2D eigenvalue weighted by Crippen LogP contribution is -2.19. The third-order valence-corrected chi connectivity index (χ3v) is 4.33. The summed E-state index contributed by atoms with van der Waals surface area (Å²) in [4.78, 5) is 0.0991. The molecule has 0 amide bonds. The first-order valence-electron chi connectivity index (χ1n) is 5.41. The SMILES string of the molecule is Cn1ncc(C(N)=S)c1NS(=O)(=O)c1cccc(Cl)c1. The summed E-state index contributed by atoms with van der Waals surface area (Å²) < 4.78 is 28.3. The Bertz CT molecular complexity index is 770. The molecular formula is C11H11ClN4O2S2. The molecule has 0 atom stereocenters.